The predicted octanol–water partition coefficient (Wildman–Crippen LogP) is 2.74. The second-order valence-corrected chi connectivity index (χ2v) is 8.31. The van der Waals surface area contributed by atoms with Crippen LogP contribution in [0.4, 0.5) is 0 Å². The van der Waals surface area contributed by atoms with Gasteiger partial charge in [-0.3, -0.25) is 14.3 Å². The van der Waals surface area contributed by atoms with Crippen molar-refractivity contribution in [1.29, 1.82) is 0 Å². The Morgan fingerprint density at radius 3 is 2.71 bits per heavy atom. The van der Waals surface area contributed by atoms with Crippen LogP contribution in [0, 0.1) is 12.8 Å². The van der Waals surface area contributed by atoms with Crippen molar-refractivity contribution in [2.24, 2.45) is 13.0 Å². The molecule has 1 aliphatic heterocycles. The van der Waals surface area contributed by atoms with Crippen LogP contribution in [0.5, 0.6) is 0 Å². The third-order valence-corrected chi connectivity index (χ3v) is 6.20. The largest absolute Gasteiger partial charge is 0.338 e. The molecule has 1 saturated heterocycles. The summed E-state index contributed by atoms with van der Waals surface area (Å²) in [6.45, 7) is 5.11. The maximum Gasteiger partial charge on any atom is 0.267 e. The Labute approximate surface area is 167 Å². The molecule has 2 atom stereocenters. The number of rotatable bonds is 3. The highest BCUT2D eigenvalue weighted by Gasteiger charge is 2.32. The average molecular weight is 398 g/mol. The zero-order valence-corrected chi connectivity index (χ0v) is 17.0. The topological polar surface area (TPSA) is 73.0 Å². The Bertz CT molecular complexity index is 1050. The van der Waals surface area contributed by atoms with Crippen molar-refractivity contribution in [2.45, 2.75) is 26.3 Å². The monoisotopic (exact) mass is 397 g/mol. The molecule has 0 spiro atoms. The molecule has 0 aliphatic carbocycles. The number of hydrogen-bond donors (Lipinski definition) is 0. The van der Waals surface area contributed by atoms with Crippen LogP contribution < -0.4 is 5.56 Å². The van der Waals surface area contributed by atoms with Gasteiger partial charge in [0.1, 0.15) is 5.69 Å². The van der Waals surface area contributed by atoms with Gasteiger partial charge in [0.05, 0.1) is 22.2 Å². The Morgan fingerprint density at radius 2 is 2.07 bits per heavy atom. The number of aromatic nitrogens is 4. The summed E-state index contributed by atoms with van der Waals surface area (Å²) < 4.78 is 3.27. The number of hydrogen-bond acceptors (Lipinski definition) is 5. The number of carbonyl (C=O) groups excluding carboxylic acids is 1. The first-order chi connectivity index (χ1) is 13.4. The van der Waals surface area contributed by atoms with Crippen molar-refractivity contribution < 1.29 is 4.79 Å². The van der Waals surface area contributed by atoms with Crippen LogP contribution in [0.15, 0.2) is 40.6 Å². The minimum atomic E-state index is -0.0972. The molecule has 0 unspecified atom stereocenters. The smallest absolute Gasteiger partial charge is 0.267 e. The summed E-state index contributed by atoms with van der Waals surface area (Å²) >= 11 is 1.60. The van der Waals surface area contributed by atoms with E-state index in [9.17, 15) is 9.59 Å². The molecule has 0 radical (unpaired) electrons. The lowest BCUT2D eigenvalue weighted by molar-refractivity contribution is 0.0607. The summed E-state index contributed by atoms with van der Waals surface area (Å²) in [7, 11) is 1.82. The Morgan fingerprint density at radius 1 is 1.25 bits per heavy atom. The molecule has 1 fully saturated rings. The first-order valence-corrected chi connectivity index (χ1v) is 10.3. The first-order valence-electron chi connectivity index (χ1n) is 9.37. The quantitative estimate of drug-likeness (QED) is 0.681. The first kappa shape index (κ1) is 18.6. The second kappa shape index (κ2) is 7.35. The molecule has 0 saturated carbocycles. The van der Waals surface area contributed by atoms with E-state index in [4.69, 9.17) is 0 Å². The van der Waals surface area contributed by atoms with Gasteiger partial charge >= 0.3 is 0 Å². The van der Waals surface area contributed by atoms with Gasteiger partial charge in [-0.1, -0.05) is 13.0 Å². The van der Waals surface area contributed by atoms with Crippen molar-refractivity contribution in [1.82, 2.24) is 24.5 Å². The highest BCUT2D eigenvalue weighted by molar-refractivity contribution is 7.13. The maximum atomic E-state index is 12.9. The van der Waals surface area contributed by atoms with Crippen LogP contribution in [0.25, 0.3) is 10.6 Å². The van der Waals surface area contributed by atoms with Gasteiger partial charge < -0.3 is 4.90 Å². The number of likely N-dealkylation sites (tertiary alicyclic amines) is 1. The molecule has 4 heterocycles. The summed E-state index contributed by atoms with van der Waals surface area (Å²) in [6.07, 6.45) is 2.47. The third kappa shape index (κ3) is 3.40. The lowest BCUT2D eigenvalue weighted by Gasteiger charge is -2.37. The summed E-state index contributed by atoms with van der Waals surface area (Å²) in [5.74, 6) is 0.127. The van der Waals surface area contributed by atoms with Crippen molar-refractivity contribution in [2.75, 3.05) is 13.1 Å². The maximum absolute atomic E-state index is 12.9. The normalized spacial score (nSPS) is 19.8. The molecular weight excluding hydrogens is 374 g/mol. The lowest BCUT2D eigenvalue weighted by atomic mass is 9.93. The third-order valence-electron chi connectivity index (χ3n) is 5.30. The summed E-state index contributed by atoms with van der Waals surface area (Å²) in [5, 5.41) is 10.9. The second-order valence-electron chi connectivity index (χ2n) is 7.37. The van der Waals surface area contributed by atoms with E-state index in [-0.39, 0.29) is 23.4 Å². The Kier molecular flexibility index (Phi) is 4.89. The zero-order chi connectivity index (χ0) is 19.8. The van der Waals surface area contributed by atoms with E-state index in [0.29, 0.717) is 25.1 Å². The van der Waals surface area contributed by atoms with E-state index in [2.05, 4.69) is 17.1 Å². The fraction of sp³-hybridized carbons (Fsp3) is 0.400. The molecule has 8 heteroatoms. The fourth-order valence-electron chi connectivity index (χ4n) is 3.88. The minimum absolute atomic E-state index is 0.00328. The predicted molar refractivity (Wildman–Crippen MR) is 108 cm³/mol. The number of nitrogens with zero attached hydrogens (tertiary/aromatic N) is 5. The van der Waals surface area contributed by atoms with E-state index >= 15 is 0 Å². The molecule has 1 aliphatic rings. The van der Waals surface area contributed by atoms with E-state index in [1.54, 1.807) is 39.0 Å². The van der Waals surface area contributed by atoms with E-state index in [1.807, 2.05) is 36.4 Å². The molecule has 7 nitrogen and oxygen atoms in total. The van der Waals surface area contributed by atoms with Gasteiger partial charge in [-0.2, -0.15) is 10.2 Å². The van der Waals surface area contributed by atoms with Crippen molar-refractivity contribution in [3.8, 4) is 10.6 Å². The molecule has 3 aromatic heterocycles. The minimum Gasteiger partial charge on any atom is -0.338 e. The SMILES string of the molecule is Cc1nn(C)cc1C(=O)N1CC[C@H](n2nc(-c3cccs3)ccc2=O)[C@@H](C)C1. The Balaban J connectivity index is 1.55. The van der Waals surface area contributed by atoms with E-state index in [1.165, 1.54) is 0 Å². The average Bonchev–Trinajstić information content (AvgIpc) is 3.31. The molecule has 146 valence electrons. The van der Waals surface area contributed by atoms with E-state index in [0.717, 1.165) is 16.3 Å². The number of thiophene rings is 1. The van der Waals surface area contributed by atoms with Crippen LogP contribution in [0.3, 0.4) is 0 Å². The van der Waals surface area contributed by atoms with Crippen molar-refractivity contribution in [3.63, 3.8) is 0 Å². The zero-order valence-electron chi connectivity index (χ0n) is 16.2. The standard InChI is InChI=1S/C20H23N5O2S/c1-13-11-24(20(27)15-12-23(3)21-14(15)2)9-8-17(13)25-19(26)7-6-16(22-25)18-5-4-10-28-18/h4-7,10,12-13,17H,8-9,11H2,1-3H3/t13-,17-/m0/s1. The molecule has 4 rings (SSSR count). The van der Waals surface area contributed by atoms with Crippen molar-refractivity contribution >= 4 is 17.2 Å². The van der Waals surface area contributed by atoms with Gasteiger partial charge in [0, 0.05) is 32.4 Å². The molecule has 1 amide bonds. The molecule has 28 heavy (non-hydrogen) atoms. The number of amides is 1. The molecule has 0 aromatic carbocycles. The number of piperidine rings is 1. The molecule has 0 bridgehead atoms. The summed E-state index contributed by atoms with van der Waals surface area (Å²) in [5.41, 5.74) is 2.10. The summed E-state index contributed by atoms with van der Waals surface area (Å²) in [6, 6.07) is 7.32. The Hall–Kier alpha value is -2.74. The molecule has 0 N–H and O–H groups in total. The number of carbonyl (C=O) groups is 1. The van der Waals surface area contributed by atoms with Crippen LogP contribution in [-0.2, 0) is 7.05 Å². The van der Waals surface area contributed by atoms with Gasteiger partial charge in [0.2, 0.25) is 0 Å². The van der Waals surface area contributed by atoms with Crippen molar-refractivity contribution in [3.05, 3.63) is 57.5 Å². The van der Waals surface area contributed by atoms with Gasteiger partial charge in [-0.15, -0.1) is 11.3 Å². The van der Waals surface area contributed by atoms with Gasteiger partial charge in [0.25, 0.3) is 11.5 Å². The molecule has 3 aromatic rings. The van der Waals surface area contributed by atoms with Crippen LogP contribution in [0.1, 0.15) is 35.4 Å². The highest BCUT2D eigenvalue weighted by atomic mass is 32.1. The van der Waals surface area contributed by atoms with E-state index < -0.39 is 0 Å². The van der Waals surface area contributed by atoms with Gasteiger partial charge in [0.15, 0.2) is 0 Å². The van der Waals surface area contributed by atoms with Gasteiger partial charge in [-0.25, -0.2) is 4.68 Å². The van der Waals surface area contributed by atoms with Crippen LogP contribution >= 0.6 is 11.3 Å². The van der Waals surface area contributed by atoms with Crippen LogP contribution in [-0.4, -0.2) is 43.5 Å². The number of aryl methyl sites for hydroxylation is 2. The summed E-state index contributed by atoms with van der Waals surface area (Å²) in [4.78, 5) is 28.3. The van der Waals surface area contributed by atoms with Gasteiger partial charge in [-0.05, 0) is 36.8 Å². The highest BCUT2D eigenvalue weighted by Crippen LogP contribution is 2.29. The lowest BCUT2D eigenvalue weighted by Crippen LogP contribution is -2.45. The van der Waals surface area contributed by atoms with Crippen LogP contribution in [0.2, 0.25) is 0 Å². The fourth-order valence-corrected chi connectivity index (χ4v) is 4.57. The molecular formula is C20H23N5O2S.